The number of anilines is 2. The lowest BCUT2D eigenvalue weighted by molar-refractivity contribution is 0.102. The summed E-state index contributed by atoms with van der Waals surface area (Å²) in [5.74, 6) is 0.298. The Morgan fingerprint density at radius 1 is 1.29 bits per heavy atom. The molecule has 0 unspecified atom stereocenters. The van der Waals surface area contributed by atoms with Crippen molar-refractivity contribution < 1.29 is 4.79 Å². The fraction of sp³-hybridized carbons (Fsp3) is 0.200. The van der Waals surface area contributed by atoms with Crippen LogP contribution in [0.4, 0.5) is 11.5 Å². The third-order valence-corrected chi connectivity index (χ3v) is 3.25. The number of rotatable bonds is 5. The molecule has 4 nitrogen and oxygen atoms in total. The number of halogens is 2. The number of hydrogen-bond donors (Lipinski definition) is 2. The third-order valence-electron chi connectivity index (χ3n) is 2.73. The van der Waals surface area contributed by atoms with Crippen LogP contribution in [-0.2, 0) is 0 Å². The van der Waals surface area contributed by atoms with Crippen molar-refractivity contribution in [1.29, 1.82) is 0 Å². The summed E-state index contributed by atoms with van der Waals surface area (Å²) in [6.07, 6.45) is 2.46. The number of amides is 1. The number of nitrogens with zero attached hydrogens (tertiary/aromatic N) is 1. The van der Waals surface area contributed by atoms with Gasteiger partial charge in [-0.1, -0.05) is 36.2 Å². The van der Waals surface area contributed by atoms with Gasteiger partial charge in [-0.3, -0.25) is 4.79 Å². The van der Waals surface area contributed by atoms with Gasteiger partial charge in [0.1, 0.15) is 5.82 Å². The molecule has 0 aliphatic heterocycles. The predicted octanol–water partition coefficient (Wildman–Crippen LogP) is 4.46. The van der Waals surface area contributed by atoms with E-state index in [9.17, 15) is 4.79 Å². The zero-order chi connectivity index (χ0) is 15.2. The molecule has 0 spiro atoms. The number of pyridine rings is 1. The Labute approximate surface area is 133 Å². The number of nitrogens with one attached hydrogen (secondary N) is 2. The van der Waals surface area contributed by atoms with Crippen molar-refractivity contribution in [3.8, 4) is 0 Å². The summed E-state index contributed by atoms with van der Waals surface area (Å²) in [6.45, 7) is 2.83. The molecule has 1 amide bonds. The molecule has 1 aromatic heterocycles. The maximum atomic E-state index is 12.1. The average molecular weight is 324 g/mol. The number of aromatic nitrogens is 1. The van der Waals surface area contributed by atoms with E-state index in [-0.39, 0.29) is 5.91 Å². The van der Waals surface area contributed by atoms with E-state index < -0.39 is 0 Å². The second kappa shape index (κ2) is 7.29. The molecule has 110 valence electrons. The van der Waals surface area contributed by atoms with Crippen LogP contribution in [0.15, 0.2) is 36.5 Å². The van der Waals surface area contributed by atoms with Crippen LogP contribution < -0.4 is 10.6 Å². The van der Waals surface area contributed by atoms with Crippen molar-refractivity contribution in [3.05, 3.63) is 52.1 Å². The lowest BCUT2D eigenvalue weighted by atomic mass is 10.2. The molecule has 1 aromatic carbocycles. The summed E-state index contributed by atoms with van der Waals surface area (Å²) >= 11 is 12.0. The average Bonchev–Trinajstić information content (AvgIpc) is 2.46. The second-order valence-electron chi connectivity index (χ2n) is 4.45. The smallest absolute Gasteiger partial charge is 0.257 e. The quantitative estimate of drug-likeness (QED) is 0.853. The summed E-state index contributed by atoms with van der Waals surface area (Å²) < 4.78 is 0. The molecular formula is C15H15Cl2N3O. The van der Waals surface area contributed by atoms with Crippen molar-refractivity contribution in [3.63, 3.8) is 0 Å². The highest BCUT2D eigenvalue weighted by Crippen LogP contribution is 2.21. The van der Waals surface area contributed by atoms with Crippen molar-refractivity contribution in [2.24, 2.45) is 0 Å². The zero-order valence-corrected chi connectivity index (χ0v) is 13.0. The van der Waals surface area contributed by atoms with Crippen LogP contribution in [0.5, 0.6) is 0 Å². The minimum atomic E-state index is -0.284. The molecule has 21 heavy (non-hydrogen) atoms. The van der Waals surface area contributed by atoms with Gasteiger partial charge in [0, 0.05) is 23.5 Å². The van der Waals surface area contributed by atoms with E-state index in [2.05, 4.69) is 15.6 Å². The topological polar surface area (TPSA) is 54.0 Å². The molecule has 2 aromatic rings. The molecule has 2 rings (SSSR count). The van der Waals surface area contributed by atoms with Crippen LogP contribution in [0.3, 0.4) is 0 Å². The first-order valence-electron chi connectivity index (χ1n) is 6.56. The largest absolute Gasteiger partial charge is 0.369 e. The van der Waals surface area contributed by atoms with Crippen molar-refractivity contribution in [2.45, 2.75) is 13.3 Å². The minimum absolute atomic E-state index is 0.284. The van der Waals surface area contributed by atoms with Gasteiger partial charge in [0.15, 0.2) is 0 Å². The summed E-state index contributed by atoms with van der Waals surface area (Å²) in [5.41, 5.74) is 1.01. The number of benzene rings is 1. The van der Waals surface area contributed by atoms with Gasteiger partial charge in [-0.05, 0) is 30.7 Å². The first kappa shape index (κ1) is 15.6. The summed E-state index contributed by atoms with van der Waals surface area (Å²) in [4.78, 5) is 16.3. The van der Waals surface area contributed by atoms with Crippen LogP contribution in [0, 0.1) is 0 Å². The van der Waals surface area contributed by atoms with Crippen molar-refractivity contribution >= 4 is 40.6 Å². The maximum absolute atomic E-state index is 12.1. The Hall–Kier alpha value is -1.78. The van der Waals surface area contributed by atoms with E-state index in [1.165, 1.54) is 6.20 Å². The van der Waals surface area contributed by atoms with Gasteiger partial charge >= 0.3 is 0 Å². The molecule has 0 aliphatic rings. The Morgan fingerprint density at radius 3 is 2.76 bits per heavy atom. The monoisotopic (exact) mass is 323 g/mol. The molecule has 0 saturated heterocycles. The van der Waals surface area contributed by atoms with Gasteiger partial charge in [0.05, 0.1) is 10.6 Å². The fourth-order valence-electron chi connectivity index (χ4n) is 1.71. The van der Waals surface area contributed by atoms with Gasteiger partial charge in [0.2, 0.25) is 0 Å². The Balaban J connectivity index is 2.11. The van der Waals surface area contributed by atoms with Crippen molar-refractivity contribution in [1.82, 2.24) is 4.98 Å². The molecular weight excluding hydrogens is 309 g/mol. The highest BCUT2D eigenvalue weighted by molar-refractivity contribution is 6.33. The molecule has 0 bridgehead atoms. The second-order valence-corrected chi connectivity index (χ2v) is 5.29. The van der Waals surface area contributed by atoms with Gasteiger partial charge in [-0.15, -0.1) is 0 Å². The van der Waals surface area contributed by atoms with Crippen LogP contribution in [0.25, 0.3) is 0 Å². The van der Waals surface area contributed by atoms with Crippen LogP contribution >= 0.6 is 23.2 Å². The molecule has 1 heterocycles. The lowest BCUT2D eigenvalue weighted by Gasteiger charge is -2.09. The third kappa shape index (κ3) is 4.34. The van der Waals surface area contributed by atoms with Crippen molar-refractivity contribution in [2.75, 3.05) is 17.2 Å². The van der Waals surface area contributed by atoms with E-state index in [1.54, 1.807) is 30.3 Å². The fourth-order valence-corrected chi connectivity index (χ4v) is 2.13. The highest BCUT2D eigenvalue weighted by atomic mass is 35.5. The molecule has 0 saturated carbocycles. The Morgan fingerprint density at radius 2 is 2.10 bits per heavy atom. The molecule has 0 atom stereocenters. The maximum Gasteiger partial charge on any atom is 0.257 e. The van der Waals surface area contributed by atoms with Crippen LogP contribution in [-0.4, -0.2) is 17.4 Å². The first-order chi connectivity index (χ1) is 10.1. The number of carbonyl (C=O) groups is 1. The summed E-state index contributed by atoms with van der Waals surface area (Å²) in [7, 11) is 0. The van der Waals surface area contributed by atoms with E-state index in [0.717, 1.165) is 13.0 Å². The van der Waals surface area contributed by atoms with E-state index in [4.69, 9.17) is 23.2 Å². The van der Waals surface area contributed by atoms with E-state index >= 15 is 0 Å². The van der Waals surface area contributed by atoms with Gasteiger partial charge in [0.25, 0.3) is 5.91 Å². The number of hydrogen-bond acceptors (Lipinski definition) is 3. The Bertz CT molecular complexity index is 647. The molecule has 2 N–H and O–H groups in total. The first-order valence-corrected chi connectivity index (χ1v) is 7.32. The summed E-state index contributed by atoms with van der Waals surface area (Å²) in [6, 6.07) is 8.53. The molecule has 0 radical (unpaired) electrons. The normalized spacial score (nSPS) is 10.2. The lowest BCUT2D eigenvalue weighted by Crippen LogP contribution is -2.13. The zero-order valence-electron chi connectivity index (χ0n) is 11.5. The molecule has 0 fully saturated rings. The Kier molecular flexibility index (Phi) is 5.42. The summed E-state index contributed by atoms with van der Waals surface area (Å²) in [5, 5.41) is 6.82. The van der Waals surface area contributed by atoms with Gasteiger partial charge in [-0.25, -0.2) is 4.98 Å². The minimum Gasteiger partial charge on any atom is -0.369 e. The van der Waals surface area contributed by atoms with Gasteiger partial charge in [-0.2, -0.15) is 0 Å². The number of carbonyl (C=O) groups excluding carboxylic acids is 1. The van der Waals surface area contributed by atoms with Crippen LogP contribution in [0.2, 0.25) is 10.0 Å². The van der Waals surface area contributed by atoms with E-state index in [1.807, 2.05) is 6.92 Å². The SMILES string of the molecule is CCCNc1ncc(C(=O)Nc2cccc(Cl)c2)cc1Cl. The molecule has 0 aliphatic carbocycles. The van der Waals surface area contributed by atoms with Gasteiger partial charge < -0.3 is 10.6 Å². The van der Waals surface area contributed by atoms with E-state index in [0.29, 0.717) is 27.1 Å². The molecule has 6 heteroatoms. The predicted molar refractivity (Wildman–Crippen MR) is 87.4 cm³/mol. The standard InChI is InChI=1S/C15H15Cl2N3O/c1-2-6-18-14-13(17)7-10(9-19-14)15(21)20-12-5-3-4-11(16)8-12/h3-5,7-9H,2,6H2,1H3,(H,18,19)(H,20,21). The highest BCUT2D eigenvalue weighted by Gasteiger charge is 2.10. The van der Waals surface area contributed by atoms with Crippen LogP contribution in [0.1, 0.15) is 23.7 Å².